The number of carbonyl (C=O) groups excluding carboxylic acids is 2. The number of fused-ring (bicyclic) bond motifs is 1. The number of primary amides is 1. The van der Waals surface area contributed by atoms with E-state index in [-0.39, 0.29) is 18.3 Å². The van der Waals surface area contributed by atoms with Crippen molar-refractivity contribution in [3.8, 4) is 5.75 Å². The van der Waals surface area contributed by atoms with E-state index in [9.17, 15) is 14.0 Å². The van der Waals surface area contributed by atoms with Gasteiger partial charge in [0.2, 0.25) is 5.91 Å². The minimum absolute atomic E-state index is 0.204. The van der Waals surface area contributed by atoms with E-state index in [1.165, 1.54) is 17.0 Å². The van der Waals surface area contributed by atoms with Crippen LogP contribution >= 0.6 is 0 Å². The lowest BCUT2D eigenvalue weighted by Gasteiger charge is -2.32. The van der Waals surface area contributed by atoms with Gasteiger partial charge < -0.3 is 15.4 Å². The van der Waals surface area contributed by atoms with Crippen molar-refractivity contribution in [3.63, 3.8) is 0 Å². The number of amides is 2. The fourth-order valence-electron chi connectivity index (χ4n) is 2.89. The van der Waals surface area contributed by atoms with Gasteiger partial charge in [0.15, 0.2) is 0 Å². The number of hydrogen-bond acceptors (Lipinski definition) is 3. The first-order valence-electron chi connectivity index (χ1n) is 8.06. The number of carbonyl (C=O) groups is 2. The second-order valence-electron chi connectivity index (χ2n) is 6.06. The van der Waals surface area contributed by atoms with Crippen LogP contribution in [0.25, 0.3) is 0 Å². The average molecular weight is 342 g/mol. The zero-order valence-electron chi connectivity index (χ0n) is 13.9. The van der Waals surface area contributed by atoms with Gasteiger partial charge in [0, 0.05) is 12.1 Å². The van der Waals surface area contributed by atoms with Gasteiger partial charge in [-0.05, 0) is 54.8 Å². The number of nitrogens with two attached hydrogens (primary N) is 1. The third-order valence-corrected chi connectivity index (χ3v) is 4.36. The summed E-state index contributed by atoms with van der Waals surface area (Å²) in [6, 6.07) is 10.8. The molecule has 0 bridgehead atoms. The Morgan fingerprint density at radius 1 is 1.32 bits per heavy atom. The van der Waals surface area contributed by atoms with Gasteiger partial charge in [0.1, 0.15) is 24.2 Å². The number of halogens is 1. The van der Waals surface area contributed by atoms with Crippen molar-refractivity contribution < 1.29 is 18.7 Å². The summed E-state index contributed by atoms with van der Waals surface area (Å²) in [6.45, 7) is 2.31. The summed E-state index contributed by atoms with van der Waals surface area (Å²) in [5, 5.41) is 0. The first kappa shape index (κ1) is 17.0. The minimum Gasteiger partial charge on any atom is -0.489 e. The summed E-state index contributed by atoms with van der Waals surface area (Å²) in [6.07, 6.45) is 0.621. The second-order valence-corrected chi connectivity index (χ2v) is 6.06. The van der Waals surface area contributed by atoms with E-state index in [0.29, 0.717) is 24.3 Å². The van der Waals surface area contributed by atoms with Gasteiger partial charge in [-0.2, -0.15) is 0 Å². The van der Waals surface area contributed by atoms with E-state index < -0.39 is 11.9 Å². The summed E-state index contributed by atoms with van der Waals surface area (Å²) >= 11 is 0. The highest BCUT2D eigenvalue weighted by atomic mass is 19.1. The first-order chi connectivity index (χ1) is 12.0. The van der Waals surface area contributed by atoms with Crippen molar-refractivity contribution in [1.82, 2.24) is 4.90 Å². The van der Waals surface area contributed by atoms with Crippen molar-refractivity contribution >= 4 is 11.8 Å². The molecule has 5 nitrogen and oxygen atoms in total. The molecule has 0 aliphatic carbocycles. The van der Waals surface area contributed by atoms with Gasteiger partial charge >= 0.3 is 0 Å². The van der Waals surface area contributed by atoms with Crippen LogP contribution in [0.5, 0.6) is 5.75 Å². The lowest BCUT2D eigenvalue weighted by atomic mass is 9.97. The standard InChI is InChI=1S/C19H19FN2O3/c1-12(18(21)23)22-8-7-14-10-16(5-6-17(14)19(22)24)25-11-13-3-2-4-15(20)9-13/h2-6,9-10,12H,7-8,11H2,1H3,(H2,21,23)/t12-/m1/s1. The highest BCUT2D eigenvalue weighted by Crippen LogP contribution is 2.25. The predicted octanol–water partition coefficient (Wildman–Crippen LogP) is 2.28. The molecular formula is C19H19FN2O3. The highest BCUT2D eigenvalue weighted by molar-refractivity contribution is 5.99. The molecule has 3 rings (SSSR count). The Labute approximate surface area is 145 Å². The normalized spacial score (nSPS) is 14.8. The maximum absolute atomic E-state index is 13.2. The van der Waals surface area contributed by atoms with Gasteiger partial charge in [-0.15, -0.1) is 0 Å². The van der Waals surface area contributed by atoms with E-state index in [1.807, 2.05) is 6.07 Å². The molecule has 2 amide bonds. The fourth-order valence-corrected chi connectivity index (χ4v) is 2.89. The molecule has 1 aliphatic rings. The second kappa shape index (κ2) is 6.93. The van der Waals surface area contributed by atoms with Crippen molar-refractivity contribution in [3.05, 3.63) is 65.0 Å². The molecule has 2 N–H and O–H groups in total. The molecule has 1 aliphatic heterocycles. The van der Waals surface area contributed by atoms with Gasteiger partial charge in [-0.1, -0.05) is 12.1 Å². The molecule has 1 heterocycles. The fraction of sp³-hybridized carbons (Fsp3) is 0.263. The monoisotopic (exact) mass is 342 g/mol. The molecule has 0 saturated heterocycles. The topological polar surface area (TPSA) is 72.6 Å². The van der Waals surface area contributed by atoms with Crippen LogP contribution in [-0.4, -0.2) is 29.3 Å². The van der Waals surface area contributed by atoms with Crippen LogP contribution in [0.2, 0.25) is 0 Å². The minimum atomic E-state index is -0.635. The Balaban J connectivity index is 1.73. The van der Waals surface area contributed by atoms with Crippen LogP contribution in [0, 0.1) is 5.82 Å². The Kier molecular flexibility index (Phi) is 4.70. The zero-order chi connectivity index (χ0) is 18.0. The molecule has 2 aromatic carbocycles. The third-order valence-electron chi connectivity index (χ3n) is 4.36. The van der Waals surface area contributed by atoms with Gasteiger partial charge in [-0.25, -0.2) is 4.39 Å². The van der Waals surface area contributed by atoms with Gasteiger partial charge in [0.25, 0.3) is 5.91 Å². The zero-order valence-corrected chi connectivity index (χ0v) is 13.9. The maximum atomic E-state index is 13.2. The summed E-state index contributed by atoms with van der Waals surface area (Å²) in [4.78, 5) is 25.3. The van der Waals surface area contributed by atoms with Crippen molar-refractivity contribution in [1.29, 1.82) is 0 Å². The Morgan fingerprint density at radius 2 is 2.12 bits per heavy atom. The van der Waals surface area contributed by atoms with Crippen LogP contribution in [0.3, 0.4) is 0 Å². The lowest BCUT2D eigenvalue weighted by molar-refractivity contribution is -0.122. The van der Waals surface area contributed by atoms with E-state index in [1.54, 1.807) is 31.2 Å². The van der Waals surface area contributed by atoms with Crippen molar-refractivity contribution in [2.75, 3.05) is 6.54 Å². The molecule has 130 valence electrons. The van der Waals surface area contributed by atoms with E-state index in [4.69, 9.17) is 10.5 Å². The van der Waals surface area contributed by atoms with Crippen LogP contribution in [0.1, 0.15) is 28.4 Å². The first-order valence-corrected chi connectivity index (χ1v) is 8.06. The summed E-state index contributed by atoms with van der Waals surface area (Å²) in [7, 11) is 0. The molecule has 0 radical (unpaired) electrons. The number of hydrogen-bond donors (Lipinski definition) is 1. The van der Waals surface area contributed by atoms with Crippen LogP contribution < -0.4 is 10.5 Å². The number of benzene rings is 2. The summed E-state index contributed by atoms with van der Waals surface area (Å²) in [5.74, 6) is -0.413. The lowest BCUT2D eigenvalue weighted by Crippen LogP contribution is -2.49. The highest BCUT2D eigenvalue weighted by Gasteiger charge is 2.30. The Bertz CT molecular complexity index is 822. The van der Waals surface area contributed by atoms with Gasteiger partial charge in [0.05, 0.1) is 0 Å². The molecule has 0 fully saturated rings. The Morgan fingerprint density at radius 3 is 2.84 bits per heavy atom. The predicted molar refractivity (Wildman–Crippen MR) is 90.6 cm³/mol. The quantitative estimate of drug-likeness (QED) is 0.906. The van der Waals surface area contributed by atoms with E-state index >= 15 is 0 Å². The molecule has 6 heteroatoms. The van der Waals surface area contributed by atoms with Crippen molar-refractivity contribution in [2.45, 2.75) is 26.0 Å². The maximum Gasteiger partial charge on any atom is 0.254 e. The summed E-state index contributed by atoms with van der Waals surface area (Å²) < 4.78 is 18.9. The molecule has 25 heavy (non-hydrogen) atoms. The van der Waals surface area contributed by atoms with Crippen LogP contribution in [-0.2, 0) is 17.8 Å². The Hall–Kier alpha value is -2.89. The average Bonchev–Trinajstić information content (AvgIpc) is 2.59. The summed E-state index contributed by atoms with van der Waals surface area (Å²) in [5.41, 5.74) is 7.45. The largest absolute Gasteiger partial charge is 0.489 e. The molecule has 1 atom stereocenters. The third kappa shape index (κ3) is 3.63. The molecule has 2 aromatic rings. The smallest absolute Gasteiger partial charge is 0.254 e. The van der Waals surface area contributed by atoms with Crippen molar-refractivity contribution in [2.24, 2.45) is 5.73 Å². The van der Waals surface area contributed by atoms with Crippen LogP contribution in [0.4, 0.5) is 4.39 Å². The SMILES string of the molecule is C[C@H](C(N)=O)N1CCc2cc(OCc3cccc(F)c3)ccc2C1=O. The molecule has 0 unspecified atom stereocenters. The number of nitrogens with zero attached hydrogens (tertiary/aromatic N) is 1. The van der Waals surface area contributed by atoms with Crippen LogP contribution in [0.15, 0.2) is 42.5 Å². The van der Waals surface area contributed by atoms with E-state index in [2.05, 4.69) is 0 Å². The van der Waals surface area contributed by atoms with E-state index in [0.717, 1.165) is 11.1 Å². The van der Waals surface area contributed by atoms with Gasteiger partial charge in [-0.3, -0.25) is 9.59 Å². The number of ether oxygens (including phenoxy) is 1. The molecule has 0 saturated carbocycles. The number of rotatable bonds is 5. The molecule has 0 spiro atoms. The molecular weight excluding hydrogens is 323 g/mol. The molecule has 0 aromatic heterocycles.